The van der Waals surface area contributed by atoms with Crippen LogP contribution in [-0.4, -0.2) is 75.8 Å². The molecule has 1 unspecified atom stereocenters. The van der Waals surface area contributed by atoms with Gasteiger partial charge in [0.2, 0.25) is 0 Å². The second-order valence-corrected chi connectivity index (χ2v) is 11.3. The van der Waals surface area contributed by atoms with Gasteiger partial charge in [-0.3, -0.25) is 4.90 Å². The van der Waals surface area contributed by atoms with Crippen LogP contribution in [-0.2, 0) is 21.2 Å². The van der Waals surface area contributed by atoms with Gasteiger partial charge in [-0.1, -0.05) is 19.9 Å². The molecule has 2 aliphatic rings. The first-order valence-corrected chi connectivity index (χ1v) is 12.9. The maximum atomic E-state index is 12.9. The van der Waals surface area contributed by atoms with E-state index in [0.29, 0.717) is 37.5 Å². The fraction of sp³-hybridized carbons (Fsp3) is 0.727. The molecule has 0 amide bonds. The van der Waals surface area contributed by atoms with Crippen LogP contribution in [0.15, 0.2) is 23.1 Å². The van der Waals surface area contributed by atoms with Crippen LogP contribution in [0.2, 0.25) is 0 Å². The van der Waals surface area contributed by atoms with Crippen LogP contribution in [0, 0.1) is 11.8 Å². The van der Waals surface area contributed by atoms with Gasteiger partial charge >= 0.3 is 6.18 Å². The zero-order chi connectivity index (χ0) is 23.7. The van der Waals surface area contributed by atoms with E-state index in [-0.39, 0.29) is 36.5 Å². The molecule has 32 heavy (non-hydrogen) atoms. The fourth-order valence-corrected chi connectivity index (χ4v) is 5.64. The van der Waals surface area contributed by atoms with Crippen molar-refractivity contribution in [2.45, 2.75) is 56.5 Å². The van der Waals surface area contributed by atoms with Crippen molar-refractivity contribution in [3.63, 3.8) is 0 Å². The van der Waals surface area contributed by atoms with Gasteiger partial charge in [0.1, 0.15) is 0 Å². The Labute approximate surface area is 188 Å². The summed E-state index contributed by atoms with van der Waals surface area (Å²) in [6.07, 6.45) is -4.31. The summed E-state index contributed by atoms with van der Waals surface area (Å²) in [7, 11) is -3.47. The van der Waals surface area contributed by atoms with E-state index in [1.807, 2.05) is 6.07 Å². The van der Waals surface area contributed by atoms with Crippen molar-refractivity contribution >= 4 is 15.5 Å². The zero-order valence-corrected chi connectivity index (χ0v) is 19.6. The average Bonchev–Trinajstić information content (AvgIpc) is 2.72. The smallest absolute Gasteiger partial charge is 0.392 e. The number of rotatable bonds is 6. The van der Waals surface area contributed by atoms with E-state index in [4.69, 9.17) is 4.74 Å². The van der Waals surface area contributed by atoms with Crippen LogP contribution in [0.4, 0.5) is 18.9 Å². The molecule has 0 radical (unpaired) electrons. The molecule has 3 atom stereocenters. The van der Waals surface area contributed by atoms with Gasteiger partial charge in [-0.25, -0.2) is 8.42 Å². The van der Waals surface area contributed by atoms with Gasteiger partial charge in [-0.05, 0) is 42.4 Å². The van der Waals surface area contributed by atoms with Gasteiger partial charge in [-0.2, -0.15) is 13.2 Å². The van der Waals surface area contributed by atoms with E-state index in [0.717, 1.165) is 18.5 Å². The molecule has 1 aromatic carbocycles. The van der Waals surface area contributed by atoms with Gasteiger partial charge in [0.05, 0.1) is 18.1 Å². The Morgan fingerprint density at radius 1 is 1.22 bits per heavy atom. The Morgan fingerprint density at radius 2 is 1.94 bits per heavy atom. The molecule has 2 saturated heterocycles. The zero-order valence-electron chi connectivity index (χ0n) is 18.8. The summed E-state index contributed by atoms with van der Waals surface area (Å²) in [5, 5.41) is 9.49. The molecule has 1 aromatic rings. The van der Waals surface area contributed by atoms with Crippen molar-refractivity contribution in [3.8, 4) is 0 Å². The molecule has 3 rings (SSSR count). The summed E-state index contributed by atoms with van der Waals surface area (Å²) in [6.45, 7) is 6.82. The van der Waals surface area contributed by atoms with Crippen molar-refractivity contribution in [1.82, 2.24) is 4.90 Å². The monoisotopic (exact) mass is 478 g/mol. The molecule has 10 heteroatoms. The van der Waals surface area contributed by atoms with Crippen LogP contribution in [0.1, 0.15) is 32.3 Å². The first-order chi connectivity index (χ1) is 14.9. The number of aliphatic hydroxyl groups is 1. The van der Waals surface area contributed by atoms with Gasteiger partial charge in [0.15, 0.2) is 15.9 Å². The predicted molar refractivity (Wildman–Crippen MR) is 116 cm³/mol. The van der Waals surface area contributed by atoms with Crippen molar-refractivity contribution in [2.24, 2.45) is 11.8 Å². The lowest BCUT2D eigenvalue weighted by Crippen LogP contribution is -2.57. The van der Waals surface area contributed by atoms with Gasteiger partial charge in [-0.15, -0.1) is 0 Å². The third kappa shape index (κ3) is 5.95. The molecule has 2 fully saturated rings. The standard InChI is InChI=1S/C22H33F3N2O4S/c1-15(2)19-12-26(18-6-5-17(13-28)20(10-18)32(3,29)30)8-9-27(19)11-16-4-7-21(31-14-16)22(23,24)25/h5-6,10,15-16,19,21,28H,4,7-9,11-14H2,1-3H3/t16-,19-,21?/m1/s1. The summed E-state index contributed by atoms with van der Waals surface area (Å²) < 4.78 is 68.0. The van der Waals surface area contributed by atoms with Gasteiger partial charge < -0.3 is 14.7 Å². The molecule has 0 spiro atoms. The number of sulfone groups is 1. The molecule has 0 bridgehead atoms. The number of benzene rings is 1. The first-order valence-electron chi connectivity index (χ1n) is 11.0. The van der Waals surface area contributed by atoms with E-state index in [1.54, 1.807) is 12.1 Å². The number of piperazine rings is 1. The lowest BCUT2D eigenvalue weighted by atomic mass is 9.93. The minimum atomic E-state index is -4.30. The van der Waals surface area contributed by atoms with Crippen molar-refractivity contribution in [3.05, 3.63) is 23.8 Å². The molecule has 0 saturated carbocycles. The Morgan fingerprint density at radius 3 is 2.47 bits per heavy atom. The molecule has 0 aliphatic carbocycles. The maximum Gasteiger partial charge on any atom is 0.414 e. The topological polar surface area (TPSA) is 70.1 Å². The molecule has 6 nitrogen and oxygen atoms in total. The number of hydrogen-bond acceptors (Lipinski definition) is 6. The minimum absolute atomic E-state index is 0.00590. The number of alkyl halides is 3. The van der Waals surface area contributed by atoms with E-state index in [1.165, 1.54) is 0 Å². The van der Waals surface area contributed by atoms with Crippen LogP contribution in [0.5, 0.6) is 0 Å². The SMILES string of the molecule is CC(C)[C@H]1CN(c2ccc(CO)c(S(C)(=O)=O)c2)CCN1C[C@H]1CCC(C(F)(F)F)OC1. The number of hydrogen-bond donors (Lipinski definition) is 1. The van der Waals surface area contributed by atoms with Crippen molar-refractivity contribution in [2.75, 3.05) is 43.9 Å². The summed E-state index contributed by atoms with van der Waals surface area (Å²) in [5.41, 5.74) is 1.17. The highest BCUT2D eigenvalue weighted by Gasteiger charge is 2.43. The van der Waals surface area contributed by atoms with E-state index < -0.39 is 22.1 Å². The van der Waals surface area contributed by atoms with Crippen LogP contribution >= 0.6 is 0 Å². The summed E-state index contributed by atoms with van der Waals surface area (Å²) in [4.78, 5) is 4.62. The van der Waals surface area contributed by atoms with E-state index in [2.05, 4.69) is 23.6 Å². The number of ether oxygens (including phenoxy) is 1. The highest BCUT2D eigenvalue weighted by molar-refractivity contribution is 7.90. The maximum absolute atomic E-state index is 12.9. The normalized spacial score (nSPS) is 26.0. The summed E-state index contributed by atoms with van der Waals surface area (Å²) in [5.74, 6) is 0.387. The summed E-state index contributed by atoms with van der Waals surface area (Å²) >= 11 is 0. The number of aliphatic hydroxyl groups excluding tert-OH is 1. The molecule has 182 valence electrons. The summed E-state index contributed by atoms with van der Waals surface area (Å²) in [6, 6.07) is 5.29. The second-order valence-electron chi connectivity index (χ2n) is 9.28. The Kier molecular flexibility index (Phi) is 7.79. The minimum Gasteiger partial charge on any atom is -0.392 e. The molecule has 1 N–H and O–H groups in total. The van der Waals surface area contributed by atoms with Crippen molar-refractivity contribution in [1.29, 1.82) is 0 Å². The fourth-order valence-electron chi connectivity index (χ4n) is 4.70. The van der Waals surface area contributed by atoms with E-state index in [9.17, 15) is 26.7 Å². The first kappa shape index (κ1) is 25.3. The lowest BCUT2D eigenvalue weighted by Gasteiger charge is -2.46. The number of anilines is 1. The predicted octanol–water partition coefficient (Wildman–Crippen LogP) is 3.09. The Balaban J connectivity index is 1.68. The Bertz CT molecular complexity index is 884. The van der Waals surface area contributed by atoms with E-state index >= 15 is 0 Å². The molecular weight excluding hydrogens is 445 g/mol. The molecule has 2 heterocycles. The largest absolute Gasteiger partial charge is 0.414 e. The third-order valence-corrected chi connectivity index (χ3v) is 7.70. The number of halogens is 3. The highest BCUT2D eigenvalue weighted by Crippen LogP contribution is 2.33. The molecular formula is C22H33F3N2O4S. The second kappa shape index (κ2) is 9.87. The van der Waals surface area contributed by atoms with Gasteiger partial charge in [0, 0.05) is 44.2 Å². The van der Waals surface area contributed by atoms with Crippen LogP contribution < -0.4 is 4.90 Å². The van der Waals surface area contributed by atoms with Crippen molar-refractivity contribution < 1.29 is 31.4 Å². The highest BCUT2D eigenvalue weighted by atomic mass is 32.2. The lowest BCUT2D eigenvalue weighted by molar-refractivity contribution is -0.236. The molecule has 0 aromatic heterocycles. The number of nitrogens with zero attached hydrogens (tertiary/aromatic N) is 2. The van der Waals surface area contributed by atoms with Crippen LogP contribution in [0.3, 0.4) is 0 Å². The van der Waals surface area contributed by atoms with Crippen LogP contribution in [0.25, 0.3) is 0 Å². The molecule has 2 aliphatic heterocycles. The van der Waals surface area contributed by atoms with Gasteiger partial charge in [0.25, 0.3) is 0 Å². The Hall–Kier alpha value is -1.36. The quantitative estimate of drug-likeness (QED) is 0.678. The third-order valence-electron chi connectivity index (χ3n) is 6.52. The average molecular weight is 479 g/mol.